The lowest BCUT2D eigenvalue weighted by atomic mass is 9.97. The molecule has 0 saturated carbocycles. The van der Waals surface area contributed by atoms with Gasteiger partial charge in [-0.05, 0) is 19.4 Å². The van der Waals surface area contributed by atoms with Gasteiger partial charge in [-0.25, -0.2) is 13.1 Å². The Morgan fingerprint density at radius 3 is 2.33 bits per heavy atom. The molecule has 0 saturated heterocycles. The predicted molar refractivity (Wildman–Crippen MR) is 68.5 cm³/mol. The number of hydrogen-bond donors (Lipinski definition) is 2. The minimum Gasteiger partial charge on any atom is -0.481 e. The second-order valence-electron chi connectivity index (χ2n) is 4.75. The number of carbonyl (C=O) groups is 1. The second kappa shape index (κ2) is 5.49. The highest BCUT2D eigenvalue weighted by Gasteiger charge is 2.33. The van der Waals surface area contributed by atoms with E-state index in [1.807, 2.05) is 18.2 Å². The molecular formula is C12H17NO4S. The number of benzene rings is 1. The molecule has 1 rings (SSSR count). The van der Waals surface area contributed by atoms with Crippen LogP contribution >= 0.6 is 0 Å². The summed E-state index contributed by atoms with van der Waals surface area (Å²) in [4.78, 5) is 10.9. The molecule has 0 spiro atoms. The smallest absolute Gasteiger partial charge is 0.310 e. The summed E-state index contributed by atoms with van der Waals surface area (Å²) in [7, 11) is -3.61. The van der Waals surface area contributed by atoms with Crippen LogP contribution in [0.15, 0.2) is 30.3 Å². The van der Waals surface area contributed by atoms with Crippen molar-refractivity contribution >= 4 is 16.0 Å². The van der Waals surface area contributed by atoms with Crippen molar-refractivity contribution in [3.8, 4) is 0 Å². The van der Waals surface area contributed by atoms with E-state index in [9.17, 15) is 13.2 Å². The fourth-order valence-corrected chi connectivity index (χ4v) is 2.94. The summed E-state index contributed by atoms with van der Waals surface area (Å²) in [5.41, 5.74) is -0.475. The van der Waals surface area contributed by atoms with Crippen LogP contribution in [0.25, 0.3) is 0 Å². The molecule has 5 nitrogen and oxygen atoms in total. The van der Waals surface area contributed by atoms with Crippen LogP contribution < -0.4 is 4.72 Å². The van der Waals surface area contributed by atoms with Crippen LogP contribution in [0.5, 0.6) is 0 Å². The van der Waals surface area contributed by atoms with Gasteiger partial charge in [-0.2, -0.15) is 0 Å². The minimum atomic E-state index is -3.61. The minimum absolute atomic E-state index is 0.166. The number of aliphatic carboxylic acids is 1. The molecule has 100 valence electrons. The Morgan fingerprint density at radius 1 is 1.28 bits per heavy atom. The Labute approximate surface area is 107 Å². The van der Waals surface area contributed by atoms with Gasteiger partial charge in [0.1, 0.15) is 0 Å². The zero-order chi connectivity index (χ0) is 13.8. The van der Waals surface area contributed by atoms with Crippen LogP contribution in [0.4, 0.5) is 0 Å². The van der Waals surface area contributed by atoms with E-state index in [4.69, 9.17) is 5.11 Å². The number of nitrogens with one attached hydrogen (secondary N) is 1. The van der Waals surface area contributed by atoms with E-state index in [0.29, 0.717) is 0 Å². The maximum absolute atomic E-state index is 11.7. The molecule has 0 bridgehead atoms. The van der Waals surface area contributed by atoms with Crippen molar-refractivity contribution in [3.63, 3.8) is 0 Å². The normalized spacial score (nSPS) is 12.3. The maximum Gasteiger partial charge on any atom is 0.310 e. The number of hydrogen-bond acceptors (Lipinski definition) is 3. The summed E-state index contributed by atoms with van der Waals surface area (Å²) in [5.74, 6) is -1.57. The van der Waals surface area contributed by atoms with E-state index in [-0.39, 0.29) is 6.54 Å². The number of carboxylic acids is 1. The first kappa shape index (κ1) is 14.7. The molecule has 1 aromatic rings. The van der Waals surface area contributed by atoms with Crippen molar-refractivity contribution in [2.75, 3.05) is 5.75 Å². The van der Waals surface area contributed by atoms with Gasteiger partial charge in [-0.1, -0.05) is 30.3 Å². The van der Waals surface area contributed by atoms with Crippen LogP contribution in [0.1, 0.15) is 19.4 Å². The Balaban J connectivity index is 2.64. The van der Waals surface area contributed by atoms with Crippen molar-refractivity contribution in [1.82, 2.24) is 4.72 Å². The average molecular weight is 271 g/mol. The standard InChI is InChI=1S/C12H17NO4S/c1-12(2,11(14)15)9-18(16,17)13-8-10-6-4-3-5-7-10/h3-7,13H,8-9H2,1-2H3,(H,14,15). The predicted octanol–water partition coefficient (Wildman–Crippen LogP) is 1.22. The fraction of sp³-hybridized carbons (Fsp3) is 0.417. The van der Waals surface area contributed by atoms with Gasteiger partial charge in [-0.3, -0.25) is 4.79 Å². The van der Waals surface area contributed by atoms with Crippen molar-refractivity contribution < 1.29 is 18.3 Å². The molecule has 0 aliphatic heterocycles. The SMILES string of the molecule is CC(C)(CS(=O)(=O)NCc1ccccc1)C(=O)O. The molecule has 0 amide bonds. The van der Waals surface area contributed by atoms with Crippen LogP contribution in [0, 0.1) is 5.41 Å². The van der Waals surface area contributed by atoms with Gasteiger partial charge in [0.05, 0.1) is 11.2 Å². The van der Waals surface area contributed by atoms with Crippen molar-refractivity contribution in [3.05, 3.63) is 35.9 Å². The third kappa shape index (κ3) is 4.46. The van der Waals surface area contributed by atoms with Crippen molar-refractivity contribution in [1.29, 1.82) is 0 Å². The molecule has 0 atom stereocenters. The summed E-state index contributed by atoms with van der Waals surface area (Å²) in [6.07, 6.45) is 0. The molecule has 0 radical (unpaired) electrons. The summed E-state index contributed by atoms with van der Waals surface area (Å²) < 4.78 is 25.9. The van der Waals surface area contributed by atoms with Gasteiger partial charge in [0.2, 0.25) is 10.0 Å². The molecule has 2 N–H and O–H groups in total. The molecule has 0 aromatic heterocycles. The Hall–Kier alpha value is -1.40. The number of carboxylic acid groups (broad SMARTS) is 1. The molecule has 18 heavy (non-hydrogen) atoms. The van der Waals surface area contributed by atoms with Crippen LogP contribution in [-0.4, -0.2) is 25.2 Å². The zero-order valence-electron chi connectivity index (χ0n) is 10.4. The van der Waals surface area contributed by atoms with E-state index >= 15 is 0 Å². The molecule has 0 fully saturated rings. The Morgan fingerprint density at radius 2 is 1.83 bits per heavy atom. The van der Waals surface area contributed by atoms with E-state index in [2.05, 4.69) is 4.72 Å². The van der Waals surface area contributed by atoms with Crippen LogP contribution in [0.2, 0.25) is 0 Å². The molecule has 0 heterocycles. The Kier molecular flexibility index (Phi) is 4.48. The van der Waals surface area contributed by atoms with E-state index in [1.165, 1.54) is 13.8 Å². The zero-order valence-corrected chi connectivity index (χ0v) is 11.2. The van der Waals surface area contributed by atoms with Gasteiger partial charge in [0.25, 0.3) is 0 Å². The van der Waals surface area contributed by atoms with Gasteiger partial charge in [0.15, 0.2) is 0 Å². The molecule has 0 unspecified atom stereocenters. The molecule has 0 aliphatic carbocycles. The van der Waals surface area contributed by atoms with Crippen molar-refractivity contribution in [2.45, 2.75) is 20.4 Å². The van der Waals surface area contributed by atoms with Gasteiger partial charge in [-0.15, -0.1) is 0 Å². The molecular weight excluding hydrogens is 254 g/mol. The first-order valence-electron chi connectivity index (χ1n) is 5.48. The first-order valence-corrected chi connectivity index (χ1v) is 7.13. The maximum atomic E-state index is 11.7. The lowest BCUT2D eigenvalue weighted by molar-refractivity contribution is -0.145. The largest absolute Gasteiger partial charge is 0.481 e. The molecule has 1 aromatic carbocycles. The summed E-state index contributed by atoms with van der Waals surface area (Å²) in [6.45, 7) is 2.94. The highest BCUT2D eigenvalue weighted by molar-refractivity contribution is 7.89. The summed E-state index contributed by atoms with van der Waals surface area (Å²) in [6, 6.07) is 9.05. The average Bonchev–Trinajstić information content (AvgIpc) is 2.26. The first-order chi connectivity index (χ1) is 8.23. The van der Waals surface area contributed by atoms with Gasteiger partial charge < -0.3 is 5.11 Å². The number of rotatable bonds is 6. The van der Waals surface area contributed by atoms with E-state index in [1.54, 1.807) is 12.1 Å². The lowest BCUT2D eigenvalue weighted by Gasteiger charge is -2.19. The van der Waals surface area contributed by atoms with Gasteiger partial charge in [0, 0.05) is 6.54 Å². The molecule has 0 aliphatic rings. The second-order valence-corrected chi connectivity index (χ2v) is 6.56. The topological polar surface area (TPSA) is 83.5 Å². The number of sulfonamides is 1. The summed E-state index contributed by atoms with van der Waals surface area (Å²) >= 11 is 0. The van der Waals surface area contributed by atoms with E-state index in [0.717, 1.165) is 5.56 Å². The highest BCUT2D eigenvalue weighted by Crippen LogP contribution is 2.17. The van der Waals surface area contributed by atoms with Crippen LogP contribution in [0.3, 0.4) is 0 Å². The third-order valence-electron chi connectivity index (χ3n) is 2.47. The lowest BCUT2D eigenvalue weighted by Crippen LogP contribution is -2.37. The quantitative estimate of drug-likeness (QED) is 0.814. The molecule has 6 heteroatoms. The van der Waals surface area contributed by atoms with E-state index < -0.39 is 27.2 Å². The van der Waals surface area contributed by atoms with Crippen molar-refractivity contribution in [2.24, 2.45) is 5.41 Å². The highest BCUT2D eigenvalue weighted by atomic mass is 32.2. The Bertz CT molecular complexity index is 508. The van der Waals surface area contributed by atoms with Gasteiger partial charge >= 0.3 is 5.97 Å². The monoisotopic (exact) mass is 271 g/mol. The fourth-order valence-electron chi connectivity index (χ4n) is 1.38. The third-order valence-corrected chi connectivity index (χ3v) is 4.15. The summed E-state index contributed by atoms with van der Waals surface area (Å²) in [5, 5.41) is 8.90. The van der Waals surface area contributed by atoms with Crippen LogP contribution in [-0.2, 0) is 21.4 Å².